The highest BCUT2D eigenvalue weighted by atomic mass is 16.4. The number of amides is 1. The fraction of sp³-hybridized carbons (Fsp3) is 0.538. The Morgan fingerprint density at radius 3 is 1.70 bits per heavy atom. The monoisotopic (exact) mass is 415 g/mol. The van der Waals surface area contributed by atoms with Gasteiger partial charge in [-0.25, -0.2) is 4.79 Å². The zero-order chi connectivity index (χ0) is 22.5. The first-order valence-electron chi connectivity index (χ1n) is 11.2. The van der Waals surface area contributed by atoms with Crippen LogP contribution >= 0.6 is 0 Å². The molecular formula is C26H41NO3. The lowest BCUT2D eigenvalue weighted by molar-refractivity contribution is -0.142. The van der Waals surface area contributed by atoms with Crippen molar-refractivity contribution in [2.24, 2.45) is 5.92 Å². The lowest BCUT2D eigenvalue weighted by atomic mass is 10.0. The van der Waals surface area contributed by atoms with E-state index in [2.05, 4.69) is 73.0 Å². The van der Waals surface area contributed by atoms with Gasteiger partial charge >= 0.3 is 5.97 Å². The number of carbonyl (C=O) groups is 2. The van der Waals surface area contributed by atoms with Gasteiger partial charge in [-0.1, -0.05) is 81.5 Å². The Morgan fingerprint density at radius 1 is 0.800 bits per heavy atom. The molecule has 0 bridgehead atoms. The van der Waals surface area contributed by atoms with E-state index < -0.39 is 12.0 Å². The number of unbranched alkanes of at least 4 members (excludes halogenated alkanes) is 1. The van der Waals surface area contributed by atoms with Crippen molar-refractivity contribution in [2.45, 2.75) is 84.6 Å². The lowest BCUT2D eigenvalue weighted by Crippen LogP contribution is -2.41. The third-order valence-electron chi connectivity index (χ3n) is 4.27. The van der Waals surface area contributed by atoms with Crippen LogP contribution in [0.15, 0.2) is 60.8 Å². The summed E-state index contributed by atoms with van der Waals surface area (Å²) in [5, 5.41) is 11.8. The van der Waals surface area contributed by atoms with Crippen LogP contribution in [0.3, 0.4) is 0 Å². The van der Waals surface area contributed by atoms with Crippen molar-refractivity contribution in [3.05, 3.63) is 60.8 Å². The Balaban J connectivity index is 3.76. The van der Waals surface area contributed by atoms with E-state index in [0.717, 1.165) is 44.9 Å². The topological polar surface area (TPSA) is 66.4 Å². The van der Waals surface area contributed by atoms with Gasteiger partial charge in [-0.05, 0) is 57.3 Å². The highest BCUT2D eigenvalue weighted by Crippen LogP contribution is 2.06. The number of rotatable bonds is 17. The summed E-state index contributed by atoms with van der Waals surface area (Å²) in [4.78, 5) is 23.0. The second-order valence-corrected chi connectivity index (χ2v) is 7.69. The number of hydrogen-bond donors (Lipinski definition) is 2. The summed E-state index contributed by atoms with van der Waals surface area (Å²) in [5.74, 6) is -0.919. The van der Waals surface area contributed by atoms with E-state index in [0.29, 0.717) is 12.8 Å². The first kappa shape index (κ1) is 27.6. The summed E-state index contributed by atoms with van der Waals surface area (Å²) < 4.78 is 0. The number of allylic oxidation sites excluding steroid dienone is 10. The van der Waals surface area contributed by atoms with E-state index >= 15 is 0 Å². The minimum absolute atomic E-state index is 0.185. The second kappa shape index (κ2) is 19.9. The fourth-order valence-corrected chi connectivity index (χ4v) is 2.71. The molecule has 0 saturated heterocycles. The molecule has 0 aromatic rings. The highest BCUT2D eigenvalue weighted by molar-refractivity contribution is 5.83. The molecule has 30 heavy (non-hydrogen) atoms. The predicted molar refractivity (Wildman–Crippen MR) is 127 cm³/mol. The minimum atomic E-state index is -0.963. The molecule has 0 radical (unpaired) electrons. The zero-order valence-electron chi connectivity index (χ0n) is 19.1. The summed E-state index contributed by atoms with van der Waals surface area (Å²) in [6.45, 7) is 6.04. The smallest absolute Gasteiger partial charge is 0.326 e. The molecule has 1 atom stereocenters. The van der Waals surface area contributed by atoms with Crippen LogP contribution in [0.25, 0.3) is 0 Å². The van der Waals surface area contributed by atoms with Crippen LogP contribution in [-0.2, 0) is 9.59 Å². The maximum atomic E-state index is 11.9. The van der Waals surface area contributed by atoms with Gasteiger partial charge < -0.3 is 10.4 Å². The van der Waals surface area contributed by atoms with Crippen molar-refractivity contribution in [2.75, 3.05) is 0 Å². The summed E-state index contributed by atoms with van der Waals surface area (Å²) in [7, 11) is 0. The summed E-state index contributed by atoms with van der Waals surface area (Å²) in [6.07, 6.45) is 28.9. The highest BCUT2D eigenvalue weighted by Gasteiger charge is 2.20. The van der Waals surface area contributed by atoms with Crippen molar-refractivity contribution in [1.82, 2.24) is 5.32 Å². The number of hydrogen-bond acceptors (Lipinski definition) is 2. The van der Waals surface area contributed by atoms with Gasteiger partial charge in [-0.2, -0.15) is 0 Å². The molecule has 0 aliphatic carbocycles. The van der Waals surface area contributed by atoms with Gasteiger partial charge in [0.1, 0.15) is 6.04 Å². The van der Waals surface area contributed by atoms with Gasteiger partial charge in [0.15, 0.2) is 0 Å². The first-order chi connectivity index (χ1) is 14.5. The average Bonchev–Trinajstić information content (AvgIpc) is 2.69. The van der Waals surface area contributed by atoms with Crippen LogP contribution in [-0.4, -0.2) is 23.0 Å². The number of nitrogens with one attached hydrogen (secondary N) is 1. The number of aliphatic carboxylic acids is 1. The number of carboxylic acids is 1. The molecule has 0 rings (SSSR count). The predicted octanol–water partition coefficient (Wildman–Crippen LogP) is 6.52. The van der Waals surface area contributed by atoms with Gasteiger partial charge in [0.05, 0.1) is 0 Å². The Morgan fingerprint density at radius 2 is 1.27 bits per heavy atom. The molecule has 0 aromatic carbocycles. The quantitative estimate of drug-likeness (QED) is 0.210. The number of carbonyl (C=O) groups excluding carboxylic acids is 1. The van der Waals surface area contributed by atoms with E-state index in [4.69, 9.17) is 5.11 Å². The lowest BCUT2D eigenvalue weighted by Gasteiger charge is -2.16. The van der Waals surface area contributed by atoms with Gasteiger partial charge in [0.2, 0.25) is 5.91 Å². The fourth-order valence-electron chi connectivity index (χ4n) is 2.71. The molecule has 0 heterocycles. The van der Waals surface area contributed by atoms with E-state index in [1.807, 2.05) is 13.8 Å². The summed E-state index contributed by atoms with van der Waals surface area (Å²) in [5.41, 5.74) is 0. The van der Waals surface area contributed by atoms with Crippen molar-refractivity contribution in [1.29, 1.82) is 0 Å². The van der Waals surface area contributed by atoms with Crippen LogP contribution < -0.4 is 5.32 Å². The molecule has 4 nitrogen and oxygen atoms in total. The van der Waals surface area contributed by atoms with E-state index in [1.165, 1.54) is 0 Å². The van der Waals surface area contributed by atoms with Gasteiger partial charge in [-0.3, -0.25) is 4.79 Å². The zero-order valence-corrected chi connectivity index (χ0v) is 19.1. The Hall–Kier alpha value is -2.36. The molecule has 2 N–H and O–H groups in total. The maximum Gasteiger partial charge on any atom is 0.326 e. The third kappa shape index (κ3) is 19.0. The standard InChI is InChI=1S/C26H41NO3/c1-4-5-6-7-8-9-10-11-12-13-14-15-16-17-18-19-20-21-25(28)27-24(26(29)30)22-23(2)3/h5-6,8-9,11-12,14-15,17-18,23-24H,4,7,10,13,16,19-22H2,1-3H3,(H,27,28)(H,29,30)/b6-5-,9-8-,12-11-,15-14-,18-17-/t24-/m1/s1. The molecule has 168 valence electrons. The van der Waals surface area contributed by atoms with Crippen LogP contribution in [0.5, 0.6) is 0 Å². The normalized spacial score (nSPS) is 13.6. The van der Waals surface area contributed by atoms with Crippen molar-refractivity contribution in [3.8, 4) is 0 Å². The van der Waals surface area contributed by atoms with E-state index in [9.17, 15) is 9.59 Å². The Kier molecular flexibility index (Phi) is 18.4. The van der Waals surface area contributed by atoms with Crippen LogP contribution in [0.2, 0.25) is 0 Å². The van der Waals surface area contributed by atoms with Crippen LogP contribution in [0, 0.1) is 5.92 Å². The molecule has 0 unspecified atom stereocenters. The van der Waals surface area contributed by atoms with Gasteiger partial charge in [-0.15, -0.1) is 0 Å². The van der Waals surface area contributed by atoms with Crippen molar-refractivity contribution in [3.63, 3.8) is 0 Å². The molecule has 0 fully saturated rings. The largest absolute Gasteiger partial charge is 0.480 e. The first-order valence-corrected chi connectivity index (χ1v) is 11.2. The molecule has 1 amide bonds. The SMILES string of the molecule is CC/C=C\C/C=C\C/C=C\C/C=C\C/C=C\CCCC(=O)N[C@H](CC(C)C)C(=O)O. The Bertz CT molecular complexity index is 597. The second-order valence-electron chi connectivity index (χ2n) is 7.69. The van der Waals surface area contributed by atoms with Gasteiger partial charge in [0, 0.05) is 6.42 Å². The summed E-state index contributed by atoms with van der Waals surface area (Å²) >= 11 is 0. The van der Waals surface area contributed by atoms with Crippen LogP contribution in [0.1, 0.15) is 78.6 Å². The van der Waals surface area contributed by atoms with Crippen molar-refractivity contribution < 1.29 is 14.7 Å². The van der Waals surface area contributed by atoms with E-state index in [-0.39, 0.29) is 11.8 Å². The molecule has 4 heteroatoms. The third-order valence-corrected chi connectivity index (χ3v) is 4.27. The molecule has 0 saturated carbocycles. The molecule has 0 spiro atoms. The molecular weight excluding hydrogens is 374 g/mol. The van der Waals surface area contributed by atoms with Gasteiger partial charge in [0.25, 0.3) is 0 Å². The number of carboxylic acid groups (broad SMARTS) is 1. The average molecular weight is 416 g/mol. The molecule has 0 aromatic heterocycles. The Labute approximate surface area is 183 Å². The van der Waals surface area contributed by atoms with E-state index in [1.54, 1.807) is 0 Å². The minimum Gasteiger partial charge on any atom is -0.480 e. The van der Waals surface area contributed by atoms with Crippen molar-refractivity contribution >= 4 is 11.9 Å². The molecule has 0 aliphatic heterocycles. The molecule has 0 aliphatic rings. The van der Waals surface area contributed by atoms with Crippen LogP contribution in [0.4, 0.5) is 0 Å². The maximum absolute atomic E-state index is 11.9. The summed E-state index contributed by atoms with van der Waals surface area (Å²) in [6, 6.07) is -0.786.